The lowest BCUT2D eigenvalue weighted by molar-refractivity contribution is -0.157. The third kappa shape index (κ3) is 7.75. The maximum Gasteiger partial charge on any atom is 0.335 e. The quantitative estimate of drug-likeness (QED) is 0.423. The Kier molecular flexibility index (Phi) is 8.28. The molecule has 1 unspecified atom stereocenters. The minimum absolute atomic E-state index is 0.200. The third-order valence-corrected chi connectivity index (χ3v) is 3.23. The van der Waals surface area contributed by atoms with Gasteiger partial charge in [0.05, 0.1) is 6.61 Å². The molecule has 5 nitrogen and oxygen atoms in total. The van der Waals surface area contributed by atoms with Gasteiger partial charge in [-0.25, -0.2) is 4.79 Å². The van der Waals surface area contributed by atoms with Gasteiger partial charge in [-0.1, -0.05) is 17.8 Å². The number of halogens is 2. The van der Waals surface area contributed by atoms with Crippen molar-refractivity contribution in [3.8, 4) is 0 Å². The summed E-state index contributed by atoms with van der Waals surface area (Å²) in [5, 5.41) is 2.49. The Hall–Kier alpha value is -1.93. The molecule has 1 rings (SSSR count). The number of ether oxygens (including phenoxy) is 2. The van der Waals surface area contributed by atoms with E-state index in [1.165, 1.54) is 37.3 Å². The molecule has 8 heteroatoms. The Balaban J connectivity index is 2.38. The van der Waals surface area contributed by atoms with Crippen LogP contribution in [0.15, 0.2) is 41.8 Å². The molecule has 1 aromatic carbocycles. The van der Waals surface area contributed by atoms with E-state index in [1.54, 1.807) is 0 Å². The lowest BCUT2D eigenvalue weighted by Gasteiger charge is -2.11. The molecule has 0 aliphatic carbocycles. The van der Waals surface area contributed by atoms with E-state index in [-0.39, 0.29) is 6.61 Å². The zero-order valence-electron chi connectivity index (χ0n) is 12.5. The lowest BCUT2D eigenvalue weighted by atomic mass is 10.3. The number of amides is 1. The molecule has 0 aliphatic rings. The first-order valence-corrected chi connectivity index (χ1v) is 7.54. The van der Waals surface area contributed by atoms with Crippen molar-refractivity contribution in [3.63, 3.8) is 0 Å². The molecule has 1 aromatic rings. The van der Waals surface area contributed by atoms with Gasteiger partial charge in [0.2, 0.25) is 0 Å². The number of thioether (sulfide) groups is 1. The first kappa shape index (κ1) is 19.1. The molecule has 0 saturated carbocycles. The molecule has 23 heavy (non-hydrogen) atoms. The fourth-order valence-corrected chi connectivity index (χ4v) is 1.95. The fourth-order valence-electron chi connectivity index (χ4n) is 1.45. The minimum Gasteiger partial charge on any atom is -0.454 e. The normalized spacial score (nSPS) is 11.8. The Morgan fingerprint density at radius 2 is 2.00 bits per heavy atom. The Morgan fingerprint density at radius 3 is 2.57 bits per heavy atom. The van der Waals surface area contributed by atoms with Crippen LogP contribution in [-0.4, -0.2) is 37.0 Å². The predicted molar refractivity (Wildman–Crippen MR) is 83.5 cm³/mol. The molecule has 0 heterocycles. The van der Waals surface area contributed by atoms with Crippen LogP contribution in [0.1, 0.15) is 6.92 Å². The van der Waals surface area contributed by atoms with Gasteiger partial charge in [0, 0.05) is 10.6 Å². The Bertz CT molecular complexity index is 537. The number of hydrogen-bond acceptors (Lipinski definition) is 5. The Labute approximate surface area is 137 Å². The molecular weight excluding hydrogens is 328 g/mol. The number of carbonyl (C=O) groups is 2. The summed E-state index contributed by atoms with van der Waals surface area (Å²) in [5.41, 5.74) is 0.417. The van der Waals surface area contributed by atoms with E-state index in [9.17, 15) is 18.4 Å². The van der Waals surface area contributed by atoms with Crippen molar-refractivity contribution >= 4 is 29.3 Å². The van der Waals surface area contributed by atoms with E-state index in [2.05, 4.69) is 11.9 Å². The zero-order valence-corrected chi connectivity index (χ0v) is 13.3. The van der Waals surface area contributed by atoms with E-state index in [4.69, 9.17) is 9.47 Å². The number of esters is 1. The van der Waals surface area contributed by atoms with Gasteiger partial charge in [-0.15, -0.1) is 6.58 Å². The SMILES string of the molecule is C=CCOC(C)C(=O)OCC(=O)Nc1ccc(SC(F)F)cc1. The summed E-state index contributed by atoms with van der Waals surface area (Å²) in [4.78, 5) is 23.6. The summed E-state index contributed by atoms with van der Waals surface area (Å²) in [6.07, 6.45) is 0.693. The van der Waals surface area contributed by atoms with Crippen LogP contribution in [0.4, 0.5) is 14.5 Å². The van der Waals surface area contributed by atoms with Gasteiger partial charge in [-0.2, -0.15) is 8.78 Å². The van der Waals surface area contributed by atoms with Crippen LogP contribution >= 0.6 is 11.8 Å². The van der Waals surface area contributed by atoms with Gasteiger partial charge in [0.1, 0.15) is 0 Å². The number of hydrogen-bond donors (Lipinski definition) is 1. The molecule has 0 fully saturated rings. The average Bonchev–Trinajstić information content (AvgIpc) is 2.51. The van der Waals surface area contributed by atoms with Crippen LogP contribution in [0.3, 0.4) is 0 Å². The summed E-state index contributed by atoms with van der Waals surface area (Å²) in [5.74, 6) is -3.70. The highest BCUT2D eigenvalue weighted by Crippen LogP contribution is 2.26. The van der Waals surface area contributed by atoms with Crippen LogP contribution in [0.25, 0.3) is 0 Å². The first-order valence-electron chi connectivity index (χ1n) is 6.66. The van der Waals surface area contributed by atoms with Gasteiger partial charge >= 0.3 is 5.97 Å². The van der Waals surface area contributed by atoms with Gasteiger partial charge in [0.15, 0.2) is 12.7 Å². The summed E-state index contributed by atoms with van der Waals surface area (Å²) in [6, 6.07) is 5.90. The van der Waals surface area contributed by atoms with Crippen molar-refractivity contribution in [3.05, 3.63) is 36.9 Å². The van der Waals surface area contributed by atoms with E-state index in [0.717, 1.165) is 0 Å². The van der Waals surface area contributed by atoms with Crippen LogP contribution in [0.2, 0.25) is 0 Å². The topological polar surface area (TPSA) is 64.6 Å². The number of rotatable bonds is 9. The largest absolute Gasteiger partial charge is 0.454 e. The van der Waals surface area contributed by atoms with Crippen molar-refractivity contribution in [2.24, 2.45) is 0 Å². The smallest absolute Gasteiger partial charge is 0.335 e. The molecule has 1 N–H and O–H groups in total. The maximum atomic E-state index is 12.2. The molecule has 0 radical (unpaired) electrons. The van der Waals surface area contributed by atoms with Gasteiger partial charge < -0.3 is 14.8 Å². The van der Waals surface area contributed by atoms with E-state index in [0.29, 0.717) is 22.3 Å². The minimum atomic E-state index is -2.50. The van der Waals surface area contributed by atoms with Crippen LogP contribution < -0.4 is 5.32 Å². The second kappa shape index (κ2) is 9.96. The molecule has 1 atom stereocenters. The Morgan fingerprint density at radius 1 is 1.35 bits per heavy atom. The van der Waals surface area contributed by atoms with Crippen molar-refractivity contribution in [2.45, 2.75) is 23.7 Å². The maximum absolute atomic E-state index is 12.2. The number of anilines is 1. The molecular formula is C15H17F2NO4S. The zero-order chi connectivity index (χ0) is 17.2. The van der Waals surface area contributed by atoms with Crippen molar-refractivity contribution in [1.29, 1.82) is 0 Å². The van der Waals surface area contributed by atoms with Gasteiger partial charge in [-0.3, -0.25) is 4.79 Å². The second-order valence-electron chi connectivity index (χ2n) is 4.32. The average molecular weight is 345 g/mol. The van der Waals surface area contributed by atoms with Gasteiger partial charge in [0.25, 0.3) is 11.7 Å². The molecule has 0 aliphatic heterocycles. The van der Waals surface area contributed by atoms with E-state index in [1.807, 2.05) is 0 Å². The van der Waals surface area contributed by atoms with Crippen molar-refractivity contribution in [1.82, 2.24) is 0 Å². The lowest BCUT2D eigenvalue weighted by Crippen LogP contribution is -2.28. The molecule has 0 aromatic heterocycles. The summed E-state index contributed by atoms with van der Waals surface area (Å²) in [6.45, 7) is 4.69. The highest BCUT2D eigenvalue weighted by molar-refractivity contribution is 7.99. The summed E-state index contributed by atoms with van der Waals surface area (Å²) >= 11 is 0.414. The number of alkyl halides is 2. The summed E-state index contributed by atoms with van der Waals surface area (Å²) in [7, 11) is 0. The van der Waals surface area contributed by atoms with Crippen LogP contribution in [0, 0.1) is 0 Å². The molecule has 0 spiro atoms. The monoisotopic (exact) mass is 345 g/mol. The predicted octanol–water partition coefficient (Wildman–Crippen LogP) is 3.07. The van der Waals surface area contributed by atoms with Gasteiger partial charge in [-0.05, 0) is 31.2 Å². The second-order valence-corrected chi connectivity index (χ2v) is 5.39. The number of nitrogens with one attached hydrogen (secondary N) is 1. The summed E-state index contributed by atoms with van der Waals surface area (Å²) < 4.78 is 34.2. The third-order valence-electron chi connectivity index (χ3n) is 2.50. The van der Waals surface area contributed by atoms with Crippen LogP contribution in [0.5, 0.6) is 0 Å². The molecule has 126 valence electrons. The van der Waals surface area contributed by atoms with Crippen LogP contribution in [-0.2, 0) is 19.1 Å². The molecule has 1 amide bonds. The van der Waals surface area contributed by atoms with Crippen molar-refractivity contribution < 1.29 is 27.8 Å². The number of carbonyl (C=O) groups excluding carboxylic acids is 2. The first-order chi connectivity index (χ1) is 10.9. The van der Waals surface area contributed by atoms with Crippen molar-refractivity contribution in [2.75, 3.05) is 18.5 Å². The molecule has 0 bridgehead atoms. The highest BCUT2D eigenvalue weighted by Gasteiger charge is 2.16. The highest BCUT2D eigenvalue weighted by atomic mass is 32.2. The molecule has 0 saturated heterocycles. The van der Waals surface area contributed by atoms with E-state index < -0.39 is 30.3 Å². The number of benzene rings is 1. The van der Waals surface area contributed by atoms with E-state index >= 15 is 0 Å². The standard InChI is InChI=1S/C15H17F2NO4S/c1-3-8-21-10(2)14(20)22-9-13(19)18-11-4-6-12(7-5-11)23-15(16)17/h3-7,10,15H,1,8-9H2,2H3,(H,18,19). The fraction of sp³-hybridized carbons (Fsp3) is 0.333.